The molecule has 1 aromatic heterocycles. The Balaban J connectivity index is 1.90. The lowest BCUT2D eigenvalue weighted by molar-refractivity contribution is 0.176. The first-order valence-corrected chi connectivity index (χ1v) is 7.04. The second-order valence-electron chi connectivity index (χ2n) is 5.18. The second kappa shape index (κ2) is 5.11. The highest BCUT2D eigenvalue weighted by atomic mass is 35.5. The number of aliphatic hydroxyl groups is 1. The SMILES string of the molecule is Cc1c(C(O)Cc2cc(Cl)cc3c2OCC3)cnn1C. The molecule has 4 nitrogen and oxygen atoms in total. The Labute approximate surface area is 122 Å². The van der Waals surface area contributed by atoms with Crippen LogP contribution >= 0.6 is 11.6 Å². The van der Waals surface area contributed by atoms with Gasteiger partial charge in [0.25, 0.3) is 0 Å². The number of halogens is 1. The number of hydrogen-bond donors (Lipinski definition) is 1. The monoisotopic (exact) mass is 292 g/mol. The molecule has 1 aliphatic heterocycles. The van der Waals surface area contributed by atoms with Gasteiger partial charge in [0, 0.05) is 36.2 Å². The maximum absolute atomic E-state index is 10.4. The van der Waals surface area contributed by atoms with Crippen molar-refractivity contribution in [1.82, 2.24) is 9.78 Å². The topological polar surface area (TPSA) is 47.3 Å². The molecule has 0 radical (unpaired) electrons. The average molecular weight is 293 g/mol. The Morgan fingerprint density at radius 3 is 3.00 bits per heavy atom. The molecule has 20 heavy (non-hydrogen) atoms. The van der Waals surface area contributed by atoms with E-state index in [2.05, 4.69) is 5.10 Å². The maximum Gasteiger partial charge on any atom is 0.126 e. The van der Waals surface area contributed by atoms with E-state index in [0.717, 1.165) is 34.6 Å². The first-order chi connectivity index (χ1) is 9.56. The summed E-state index contributed by atoms with van der Waals surface area (Å²) < 4.78 is 7.43. The zero-order valence-electron chi connectivity index (χ0n) is 11.6. The van der Waals surface area contributed by atoms with Gasteiger partial charge in [-0.15, -0.1) is 0 Å². The molecule has 2 aromatic rings. The number of nitrogens with zero attached hydrogens (tertiary/aromatic N) is 2. The number of aliphatic hydroxyl groups excluding tert-OH is 1. The van der Waals surface area contributed by atoms with Gasteiger partial charge in [0.2, 0.25) is 0 Å². The van der Waals surface area contributed by atoms with Crippen molar-refractivity contribution in [3.8, 4) is 5.75 Å². The van der Waals surface area contributed by atoms with Crippen molar-refractivity contribution in [3.63, 3.8) is 0 Å². The Bertz CT molecular complexity index is 652. The smallest absolute Gasteiger partial charge is 0.126 e. The highest BCUT2D eigenvalue weighted by Gasteiger charge is 2.21. The third kappa shape index (κ3) is 2.30. The molecular weight excluding hydrogens is 276 g/mol. The molecule has 1 N–H and O–H groups in total. The lowest BCUT2D eigenvalue weighted by Gasteiger charge is -2.14. The van der Waals surface area contributed by atoms with Crippen molar-refractivity contribution < 1.29 is 9.84 Å². The number of benzene rings is 1. The number of hydrogen-bond acceptors (Lipinski definition) is 3. The van der Waals surface area contributed by atoms with E-state index in [1.165, 1.54) is 0 Å². The van der Waals surface area contributed by atoms with Gasteiger partial charge < -0.3 is 9.84 Å². The molecule has 0 amide bonds. The second-order valence-corrected chi connectivity index (χ2v) is 5.62. The highest BCUT2D eigenvalue weighted by molar-refractivity contribution is 6.30. The van der Waals surface area contributed by atoms with Crippen LogP contribution in [0.1, 0.15) is 28.5 Å². The van der Waals surface area contributed by atoms with Crippen LogP contribution in [0.15, 0.2) is 18.3 Å². The maximum atomic E-state index is 10.4. The zero-order valence-corrected chi connectivity index (χ0v) is 12.3. The van der Waals surface area contributed by atoms with E-state index >= 15 is 0 Å². The quantitative estimate of drug-likeness (QED) is 0.946. The van der Waals surface area contributed by atoms with Crippen LogP contribution in [0.3, 0.4) is 0 Å². The van der Waals surface area contributed by atoms with Gasteiger partial charge in [0.05, 0.1) is 18.9 Å². The summed E-state index contributed by atoms with van der Waals surface area (Å²) in [4.78, 5) is 0. The van der Waals surface area contributed by atoms with Crippen LogP contribution < -0.4 is 4.74 Å². The molecule has 0 aliphatic carbocycles. The summed E-state index contributed by atoms with van der Waals surface area (Å²) in [6, 6.07) is 3.82. The molecule has 5 heteroatoms. The minimum atomic E-state index is -0.601. The molecule has 0 bridgehead atoms. The van der Waals surface area contributed by atoms with Gasteiger partial charge in [-0.3, -0.25) is 4.68 Å². The predicted molar refractivity (Wildman–Crippen MR) is 77.3 cm³/mol. The van der Waals surface area contributed by atoms with E-state index in [9.17, 15) is 5.11 Å². The van der Waals surface area contributed by atoms with E-state index in [0.29, 0.717) is 18.1 Å². The third-order valence-corrected chi connectivity index (χ3v) is 4.09. The van der Waals surface area contributed by atoms with E-state index in [-0.39, 0.29) is 0 Å². The Hall–Kier alpha value is -1.52. The first-order valence-electron chi connectivity index (χ1n) is 6.67. The largest absolute Gasteiger partial charge is 0.493 e. The summed E-state index contributed by atoms with van der Waals surface area (Å²) in [5.74, 6) is 0.884. The number of fused-ring (bicyclic) bond motifs is 1. The lowest BCUT2D eigenvalue weighted by Crippen LogP contribution is -2.05. The number of ether oxygens (including phenoxy) is 1. The van der Waals surface area contributed by atoms with Gasteiger partial charge >= 0.3 is 0 Å². The van der Waals surface area contributed by atoms with Crippen LogP contribution in [0, 0.1) is 6.92 Å². The summed E-state index contributed by atoms with van der Waals surface area (Å²) in [5, 5.41) is 15.3. The van der Waals surface area contributed by atoms with Crippen molar-refractivity contribution in [2.75, 3.05) is 6.61 Å². The van der Waals surface area contributed by atoms with E-state index in [1.54, 1.807) is 10.9 Å². The average Bonchev–Trinajstić information content (AvgIpc) is 2.97. The molecule has 0 saturated heterocycles. The number of aryl methyl sites for hydroxylation is 1. The summed E-state index contributed by atoms with van der Waals surface area (Å²) in [5.41, 5.74) is 3.90. The summed E-state index contributed by atoms with van der Waals surface area (Å²) in [7, 11) is 1.87. The van der Waals surface area contributed by atoms with E-state index in [1.807, 2.05) is 26.1 Å². The Kier molecular flexibility index (Phi) is 3.44. The molecule has 0 fully saturated rings. The fourth-order valence-corrected chi connectivity index (χ4v) is 2.92. The van der Waals surface area contributed by atoms with E-state index < -0.39 is 6.10 Å². The van der Waals surface area contributed by atoms with Crippen LogP contribution in [0.25, 0.3) is 0 Å². The normalized spacial score (nSPS) is 15.0. The van der Waals surface area contributed by atoms with Crippen molar-refractivity contribution >= 4 is 11.6 Å². The highest BCUT2D eigenvalue weighted by Crippen LogP contribution is 2.35. The lowest BCUT2D eigenvalue weighted by atomic mass is 9.99. The van der Waals surface area contributed by atoms with Crippen LogP contribution in [0.2, 0.25) is 5.02 Å². The van der Waals surface area contributed by atoms with Crippen molar-refractivity contribution in [1.29, 1.82) is 0 Å². The fourth-order valence-electron chi connectivity index (χ4n) is 2.66. The van der Waals surface area contributed by atoms with Gasteiger partial charge in [0.1, 0.15) is 5.75 Å². The Morgan fingerprint density at radius 1 is 1.50 bits per heavy atom. The van der Waals surface area contributed by atoms with Crippen molar-refractivity contribution in [2.24, 2.45) is 7.05 Å². The van der Waals surface area contributed by atoms with Crippen molar-refractivity contribution in [2.45, 2.75) is 25.9 Å². The summed E-state index contributed by atoms with van der Waals surface area (Å²) >= 11 is 6.14. The molecule has 1 unspecified atom stereocenters. The fraction of sp³-hybridized carbons (Fsp3) is 0.400. The van der Waals surface area contributed by atoms with Gasteiger partial charge in [0.15, 0.2) is 0 Å². The molecule has 2 heterocycles. The van der Waals surface area contributed by atoms with Crippen LogP contribution in [-0.2, 0) is 19.9 Å². The van der Waals surface area contributed by atoms with Gasteiger partial charge in [-0.2, -0.15) is 5.10 Å². The first kappa shape index (κ1) is 13.5. The summed E-state index contributed by atoms with van der Waals surface area (Å²) in [6.07, 6.45) is 2.47. The van der Waals surface area contributed by atoms with E-state index in [4.69, 9.17) is 16.3 Å². The molecule has 3 rings (SSSR count). The molecule has 1 aromatic carbocycles. The van der Waals surface area contributed by atoms with Gasteiger partial charge in [-0.25, -0.2) is 0 Å². The van der Waals surface area contributed by atoms with Crippen LogP contribution in [0.5, 0.6) is 5.75 Å². The van der Waals surface area contributed by atoms with Crippen LogP contribution in [-0.4, -0.2) is 21.5 Å². The predicted octanol–water partition coefficient (Wildman–Crippen LogP) is 2.59. The molecular formula is C15H17ClN2O2. The molecule has 1 aliphatic rings. The van der Waals surface area contributed by atoms with Crippen LogP contribution in [0.4, 0.5) is 0 Å². The summed E-state index contributed by atoms with van der Waals surface area (Å²) in [6.45, 7) is 2.63. The number of rotatable bonds is 3. The molecule has 106 valence electrons. The number of aromatic nitrogens is 2. The van der Waals surface area contributed by atoms with Gasteiger partial charge in [-0.05, 0) is 30.2 Å². The molecule has 1 atom stereocenters. The van der Waals surface area contributed by atoms with Gasteiger partial charge in [-0.1, -0.05) is 11.6 Å². The third-order valence-electron chi connectivity index (χ3n) is 3.87. The molecule has 0 saturated carbocycles. The zero-order chi connectivity index (χ0) is 14.3. The van der Waals surface area contributed by atoms with Crippen molar-refractivity contribution in [3.05, 3.63) is 45.7 Å². The minimum Gasteiger partial charge on any atom is -0.493 e. The standard InChI is InChI=1S/C15H17ClN2O2/c1-9-13(8-17-18(9)2)14(19)7-11-6-12(16)5-10-3-4-20-15(10)11/h5-6,8,14,19H,3-4,7H2,1-2H3. The Morgan fingerprint density at radius 2 is 2.30 bits per heavy atom. The molecule has 0 spiro atoms. The minimum absolute atomic E-state index is 0.482.